The summed E-state index contributed by atoms with van der Waals surface area (Å²) in [5, 5.41) is 18.4. The van der Waals surface area contributed by atoms with Gasteiger partial charge in [0.1, 0.15) is 5.69 Å². The summed E-state index contributed by atoms with van der Waals surface area (Å²) in [6, 6.07) is 5.12. The van der Waals surface area contributed by atoms with Gasteiger partial charge in [0.25, 0.3) is 10.9 Å². The lowest BCUT2D eigenvalue weighted by molar-refractivity contribution is -0.384. The molecule has 3 rings (SSSR count). The largest absolute Gasteiger partial charge is 0.363 e. The van der Waals surface area contributed by atoms with Crippen molar-refractivity contribution in [3.8, 4) is 0 Å². The Hall–Kier alpha value is -2.13. The lowest BCUT2D eigenvalue weighted by Crippen LogP contribution is -2.43. The van der Waals surface area contributed by atoms with Gasteiger partial charge in [-0.1, -0.05) is 17.8 Å². The summed E-state index contributed by atoms with van der Waals surface area (Å²) in [7, 11) is 0. The van der Waals surface area contributed by atoms with Crippen LogP contribution in [0.1, 0.15) is 5.56 Å². The van der Waals surface area contributed by atoms with E-state index in [1.807, 2.05) is 11.0 Å². The number of amides is 1. The zero-order chi connectivity index (χ0) is 15.5. The predicted molar refractivity (Wildman–Crippen MR) is 85.7 cm³/mol. The summed E-state index contributed by atoms with van der Waals surface area (Å²) in [6.45, 7) is 3.11. The molecule has 1 fully saturated rings. The van der Waals surface area contributed by atoms with Gasteiger partial charge in [-0.15, -0.1) is 0 Å². The summed E-state index contributed by atoms with van der Waals surface area (Å²) in [5.41, 5.74) is 4.39. The minimum atomic E-state index is -0.365. The minimum absolute atomic E-state index is 0.0731. The van der Waals surface area contributed by atoms with Crippen molar-refractivity contribution in [1.29, 1.82) is 0 Å². The van der Waals surface area contributed by atoms with E-state index in [9.17, 15) is 14.9 Å². The summed E-state index contributed by atoms with van der Waals surface area (Å²) in [5.74, 6) is 0.413. The maximum atomic E-state index is 11.4. The maximum absolute atomic E-state index is 11.4. The number of thioether (sulfide) groups is 1. The molecule has 0 radical (unpaired) electrons. The molecule has 0 bridgehead atoms. The van der Waals surface area contributed by atoms with Crippen molar-refractivity contribution in [2.75, 3.05) is 36.8 Å². The molecule has 0 unspecified atom stereocenters. The first-order valence-electron chi connectivity index (χ1n) is 6.89. The summed E-state index contributed by atoms with van der Waals surface area (Å²) < 4.78 is 0. The topological polar surface area (TPSA) is 99.9 Å². The van der Waals surface area contributed by atoms with Gasteiger partial charge in [-0.3, -0.25) is 14.9 Å². The standard InChI is InChI=1S/C13H15N5O3S/c19-13-16-15-10(8-22-13)9-1-2-11(12(7-9)18(20)21)17-5-3-14-4-6-17/h1-2,7,14H,3-6,8H2,(H,16,19). The van der Waals surface area contributed by atoms with Crippen LogP contribution in [0.2, 0.25) is 0 Å². The second-order valence-electron chi connectivity index (χ2n) is 4.94. The number of nitrogens with zero attached hydrogens (tertiary/aromatic N) is 3. The van der Waals surface area contributed by atoms with E-state index in [2.05, 4.69) is 15.8 Å². The van der Waals surface area contributed by atoms with Gasteiger partial charge in [-0.05, 0) is 6.07 Å². The number of rotatable bonds is 3. The molecule has 22 heavy (non-hydrogen) atoms. The average molecular weight is 321 g/mol. The number of hydrogen-bond acceptors (Lipinski definition) is 7. The summed E-state index contributed by atoms with van der Waals surface area (Å²) in [4.78, 5) is 24.1. The number of hydrazone groups is 1. The third kappa shape index (κ3) is 3.04. The maximum Gasteiger partial charge on any atom is 0.299 e. The van der Waals surface area contributed by atoms with Crippen molar-refractivity contribution in [3.05, 3.63) is 33.9 Å². The van der Waals surface area contributed by atoms with Crippen LogP contribution in [0.3, 0.4) is 0 Å². The SMILES string of the molecule is O=C1NN=C(c2ccc(N3CCNCC3)c([N+](=O)[O-])c2)CS1. The van der Waals surface area contributed by atoms with E-state index in [-0.39, 0.29) is 15.8 Å². The monoisotopic (exact) mass is 321 g/mol. The van der Waals surface area contributed by atoms with Crippen LogP contribution in [0.5, 0.6) is 0 Å². The molecule has 9 heteroatoms. The lowest BCUT2D eigenvalue weighted by atomic mass is 10.1. The van der Waals surface area contributed by atoms with E-state index in [1.165, 1.54) is 6.07 Å². The number of nitro benzene ring substituents is 1. The normalized spacial score (nSPS) is 18.6. The highest BCUT2D eigenvalue weighted by Gasteiger charge is 2.23. The summed E-state index contributed by atoms with van der Waals surface area (Å²) >= 11 is 1.10. The zero-order valence-corrected chi connectivity index (χ0v) is 12.6. The predicted octanol–water partition coefficient (Wildman–Crippen LogP) is 1.16. The molecule has 0 spiro atoms. The molecule has 2 N–H and O–H groups in total. The van der Waals surface area contributed by atoms with Crippen molar-refractivity contribution in [3.63, 3.8) is 0 Å². The Balaban J connectivity index is 1.93. The molecule has 0 atom stereocenters. The number of nitro groups is 1. The fourth-order valence-corrected chi connectivity index (χ4v) is 3.09. The molecule has 8 nitrogen and oxygen atoms in total. The first kappa shape index (κ1) is 14.8. The highest BCUT2D eigenvalue weighted by atomic mass is 32.2. The molecule has 2 aliphatic rings. The highest BCUT2D eigenvalue weighted by Crippen LogP contribution is 2.30. The van der Waals surface area contributed by atoms with Crippen LogP contribution in [0.15, 0.2) is 23.3 Å². The van der Waals surface area contributed by atoms with Gasteiger partial charge >= 0.3 is 0 Å². The molecule has 1 aromatic rings. The van der Waals surface area contributed by atoms with Crippen LogP contribution in [0.25, 0.3) is 0 Å². The van der Waals surface area contributed by atoms with Gasteiger partial charge in [-0.25, -0.2) is 5.43 Å². The molecule has 1 amide bonds. The van der Waals surface area contributed by atoms with Gasteiger partial charge < -0.3 is 10.2 Å². The van der Waals surface area contributed by atoms with Crippen LogP contribution >= 0.6 is 11.8 Å². The van der Waals surface area contributed by atoms with Crippen LogP contribution in [0, 0.1) is 10.1 Å². The number of benzene rings is 1. The Labute approximate surface area is 131 Å². The number of nitrogens with one attached hydrogen (secondary N) is 2. The summed E-state index contributed by atoms with van der Waals surface area (Å²) in [6.07, 6.45) is 0. The fourth-order valence-electron chi connectivity index (χ4n) is 2.48. The zero-order valence-electron chi connectivity index (χ0n) is 11.7. The van der Waals surface area contributed by atoms with Crippen molar-refractivity contribution in [1.82, 2.24) is 10.7 Å². The van der Waals surface area contributed by atoms with Gasteiger partial charge in [0.05, 0.1) is 10.6 Å². The van der Waals surface area contributed by atoms with E-state index in [1.54, 1.807) is 6.07 Å². The Kier molecular flexibility index (Phi) is 4.25. The quantitative estimate of drug-likeness (QED) is 0.640. The molecular formula is C13H15N5O3S. The van der Waals surface area contributed by atoms with Crippen molar-refractivity contribution < 1.29 is 9.72 Å². The Bertz CT molecular complexity index is 643. The van der Waals surface area contributed by atoms with E-state index in [0.29, 0.717) is 22.7 Å². The molecular weight excluding hydrogens is 306 g/mol. The number of anilines is 1. The molecule has 0 aromatic heterocycles. The van der Waals surface area contributed by atoms with E-state index >= 15 is 0 Å². The minimum Gasteiger partial charge on any atom is -0.363 e. The molecule has 2 aliphatic heterocycles. The van der Waals surface area contributed by atoms with Gasteiger partial charge in [0.2, 0.25) is 0 Å². The van der Waals surface area contributed by atoms with Crippen LogP contribution in [-0.4, -0.2) is 47.8 Å². The fraction of sp³-hybridized carbons (Fsp3) is 0.385. The molecule has 2 heterocycles. The molecule has 116 valence electrons. The van der Waals surface area contributed by atoms with Crippen LogP contribution in [0.4, 0.5) is 16.2 Å². The first-order valence-corrected chi connectivity index (χ1v) is 7.87. The Morgan fingerprint density at radius 1 is 1.32 bits per heavy atom. The van der Waals surface area contributed by atoms with Crippen molar-refractivity contribution >= 4 is 34.1 Å². The molecule has 1 aromatic carbocycles. The highest BCUT2D eigenvalue weighted by molar-refractivity contribution is 8.14. The molecule has 0 saturated carbocycles. The average Bonchev–Trinajstić information content (AvgIpc) is 2.56. The van der Waals surface area contributed by atoms with Crippen molar-refractivity contribution in [2.24, 2.45) is 5.10 Å². The third-order valence-corrected chi connectivity index (χ3v) is 4.36. The number of hydrogen-bond donors (Lipinski definition) is 2. The Morgan fingerprint density at radius 2 is 2.09 bits per heavy atom. The van der Waals surface area contributed by atoms with E-state index in [4.69, 9.17) is 0 Å². The number of piperazine rings is 1. The second kappa shape index (κ2) is 6.32. The van der Waals surface area contributed by atoms with Gasteiger partial charge in [0, 0.05) is 43.6 Å². The van der Waals surface area contributed by atoms with E-state index < -0.39 is 0 Å². The van der Waals surface area contributed by atoms with Crippen LogP contribution < -0.4 is 15.6 Å². The van der Waals surface area contributed by atoms with Crippen LogP contribution in [-0.2, 0) is 0 Å². The van der Waals surface area contributed by atoms with E-state index in [0.717, 1.165) is 37.9 Å². The van der Waals surface area contributed by atoms with Gasteiger partial charge in [-0.2, -0.15) is 5.10 Å². The van der Waals surface area contributed by atoms with Crippen molar-refractivity contribution in [2.45, 2.75) is 0 Å². The lowest BCUT2D eigenvalue weighted by Gasteiger charge is -2.29. The molecule has 1 saturated heterocycles. The smallest absolute Gasteiger partial charge is 0.299 e. The second-order valence-corrected chi connectivity index (χ2v) is 5.89. The molecule has 0 aliphatic carbocycles. The third-order valence-electron chi connectivity index (χ3n) is 3.59. The number of carbonyl (C=O) groups excluding carboxylic acids is 1. The van der Waals surface area contributed by atoms with Gasteiger partial charge in [0.15, 0.2) is 0 Å². The first-order chi connectivity index (χ1) is 10.6. The number of carbonyl (C=O) groups is 1. The Morgan fingerprint density at radius 3 is 2.73 bits per heavy atom.